The number of nitrogens with zero attached hydrogens (tertiary/aromatic N) is 4. The quantitative estimate of drug-likeness (QED) is 0.857. The third-order valence-corrected chi connectivity index (χ3v) is 6.02. The zero-order valence-electron chi connectivity index (χ0n) is 17.4. The van der Waals surface area contributed by atoms with E-state index in [4.69, 9.17) is 9.72 Å². The van der Waals surface area contributed by atoms with Crippen LogP contribution in [-0.2, 0) is 9.53 Å². The summed E-state index contributed by atoms with van der Waals surface area (Å²) in [6, 6.07) is 6.04. The van der Waals surface area contributed by atoms with Crippen LogP contribution in [0.1, 0.15) is 44.0 Å². The van der Waals surface area contributed by atoms with Crippen LogP contribution >= 0.6 is 0 Å². The van der Waals surface area contributed by atoms with Gasteiger partial charge in [0, 0.05) is 49.7 Å². The summed E-state index contributed by atoms with van der Waals surface area (Å²) < 4.78 is 6.35. The molecule has 154 valence electrons. The molecule has 0 bridgehead atoms. The van der Waals surface area contributed by atoms with Crippen molar-refractivity contribution in [3.63, 3.8) is 0 Å². The molecule has 0 aromatic carbocycles. The van der Waals surface area contributed by atoms with Crippen LogP contribution in [0.4, 0.5) is 5.95 Å². The highest BCUT2D eigenvalue weighted by Crippen LogP contribution is 2.39. The van der Waals surface area contributed by atoms with Crippen molar-refractivity contribution in [3.05, 3.63) is 35.8 Å². The monoisotopic (exact) mass is 395 g/mol. The predicted octanol–water partition coefficient (Wildman–Crippen LogP) is 2.81. The Hall–Kier alpha value is -2.54. The van der Waals surface area contributed by atoms with Gasteiger partial charge in [0.1, 0.15) is 0 Å². The van der Waals surface area contributed by atoms with Gasteiger partial charge in [0.25, 0.3) is 0 Å². The van der Waals surface area contributed by atoms with Crippen LogP contribution in [0, 0.1) is 13.8 Å². The van der Waals surface area contributed by atoms with Gasteiger partial charge in [-0.05, 0) is 57.7 Å². The topological polar surface area (TPSA) is 80.2 Å². The van der Waals surface area contributed by atoms with Crippen LogP contribution in [-0.4, -0.2) is 52.2 Å². The molecule has 0 radical (unpaired) electrons. The molecule has 2 aromatic rings. The van der Waals surface area contributed by atoms with E-state index in [9.17, 15) is 4.79 Å². The van der Waals surface area contributed by atoms with Crippen molar-refractivity contribution in [2.24, 2.45) is 0 Å². The molecular formula is C22H29N5O2. The van der Waals surface area contributed by atoms with E-state index in [1.165, 1.54) is 0 Å². The van der Waals surface area contributed by atoms with Gasteiger partial charge in [-0.2, -0.15) is 0 Å². The fraction of sp³-hybridized carbons (Fsp3) is 0.545. The normalized spacial score (nSPS) is 20.8. The summed E-state index contributed by atoms with van der Waals surface area (Å²) in [5.74, 6) is 0.769. The number of amides is 1. The first-order valence-electron chi connectivity index (χ1n) is 10.4. The summed E-state index contributed by atoms with van der Waals surface area (Å²) in [6.07, 6.45) is 5.94. The Balaban J connectivity index is 1.41. The third-order valence-electron chi connectivity index (χ3n) is 6.02. The summed E-state index contributed by atoms with van der Waals surface area (Å²) >= 11 is 0. The number of hydrogen-bond donors (Lipinski definition) is 1. The largest absolute Gasteiger partial charge is 0.370 e. The summed E-state index contributed by atoms with van der Waals surface area (Å²) in [7, 11) is 0. The van der Waals surface area contributed by atoms with E-state index in [1.54, 1.807) is 6.92 Å². The molecule has 4 rings (SSSR count). The first-order valence-corrected chi connectivity index (χ1v) is 10.4. The van der Waals surface area contributed by atoms with E-state index in [-0.39, 0.29) is 17.6 Å². The molecule has 2 aromatic heterocycles. The second kappa shape index (κ2) is 8.06. The van der Waals surface area contributed by atoms with Crippen molar-refractivity contribution in [1.29, 1.82) is 0 Å². The van der Waals surface area contributed by atoms with Gasteiger partial charge >= 0.3 is 0 Å². The van der Waals surface area contributed by atoms with Crippen molar-refractivity contribution in [2.45, 2.75) is 58.2 Å². The van der Waals surface area contributed by atoms with Crippen LogP contribution in [0.5, 0.6) is 0 Å². The van der Waals surface area contributed by atoms with Gasteiger partial charge in [-0.25, -0.2) is 9.97 Å². The highest BCUT2D eigenvalue weighted by atomic mass is 16.5. The Morgan fingerprint density at radius 2 is 2.00 bits per heavy atom. The first-order chi connectivity index (χ1) is 13.9. The van der Waals surface area contributed by atoms with E-state index < -0.39 is 0 Å². The predicted molar refractivity (Wildman–Crippen MR) is 112 cm³/mol. The van der Waals surface area contributed by atoms with E-state index in [0.29, 0.717) is 6.54 Å². The van der Waals surface area contributed by atoms with Crippen LogP contribution in [0.25, 0.3) is 11.3 Å². The number of piperidine rings is 1. The van der Waals surface area contributed by atoms with Gasteiger partial charge in [-0.1, -0.05) is 0 Å². The molecule has 1 amide bonds. The molecule has 1 atom stereocenters. The second-order valence-electron chi connectivity index (χ2n) is 8.21. The molecule has 7 nitrogen and oxygen atoms in total. The molecule has 2 aliphatic heterocycles. The van der Waals surface area contributed by atoms with Crippen LogP contribution in [0.15, 0.2) is 24.4 Å². The molecule has 2 saturated heterocycles. The second-order valence-corrected chi connectivity index (χ2v) is 8.21. The summed E-state index contributed by atoms with van der Waals surface area (Å²) in [6.45, 7) is 7.92. The average molecular weight is 396 g/mol. The molecular weight excluding hydrogens is 366 g/mol. The minimum absolute atomic E-state index is 0.000383. The van der Waals surface area contributed by atoms with E-state index in [2.05, 4.69) is 26.3 Å². The van der Waals surface area contributed by atoms with Gasteiger partial charge in [0.2, 0.25) is 11.9 Å². The Morgan fingerprint density at radius 3 is 2.72 bits per heavy atom. The van der Waals surface area contributed by atoms with E-state index >= 15 is 0 Å². The molecule has 4 heterocycles. The summed E-state index contributed by atoms with van der Waals surface area (Å²) in [5, 5.41) is 2.87. The fourth-order valence-electron chi connectivity index (χ4n) is 4.39. The Labute approximate surface area is 171 Å². The molecule has 1 spiro atoms. The molecule has 0 aliphatic carbocycles. The standard InChI is InChI=1S/C22H29N5O2/c1-15-4-5-19(16(2)25-15)20-7-11-23-21(26-20)27-12-9-22(10-13-27)8-6-18(29-22)14-24-17(3)28/h4-5,7,11,18H,6,8-10,12-14H2,1-3H3,(H,24,28)/t18-/m1/s1. The SMILES string of the molecule is CC(=O)NC[C@H]1CCC2(CCN(c3nccc(-c4ccc(C)nc4C)n3)CC2)O1. The van der Waals surface area contributed by atoms with E-state index in [1.807, 2.05) is 32.2 Å². The van der Waals surface area contributed by atoms with Crippen molar-refractivity contribution in [3.8, 4) is 11.3 Å². The van der Waals surface area contributed by atoms with Crippen molar-refractivity contribution in [2.75, 3.05) is 24.5 Å². The molecule has 1 N–H and O–H groups in total. The molecule has 29 heavy (non-hydrogen) atoms. The van der Waals surface area contributed by atoms with Gasteiger partial charge in [0.05, 0.1) is 17.4 Å². The number of anilines is 1. The van der Waals surface area contributed by atoms with Crippen molar-refractivity contribution in [1.82, 2.24) is 20.3 Å². The summed E-state index contributed by atoms with van der Waals surface area (Å²) in [5.41, 5.74) is 3.89. The highest BCUT2D eigenvalue weighted by Gasteiger charge is 2.42. The van der Waals surface area contributed by atoms with E-state index in [0.717, 1.165) is 67.4 Å². The molecule has 0 unspecified atom stereocenters. The van der Waals surface area contributed by atoms with Crippen LogP contribution in [0.3, 0.4) is 0 Å². The fourth-order valence-corrected chi connectivity index (χ4v) is 4.39. The number of aryl methyl sites for hydroxylation is 2. The first kappa shape index (κ1) is 19.8. The van der Waals surface area contributed by atoms with Crippen LogP contribution in [0.2, 0.25) is 0 Å². The number of nitrogens with one attached hydrogen (secondary N) is 1. The molecule has 2 aliphatic rings. The van der Waals surface area contributed by atoms with Gasteiger partial charge in [-0.15, -0.1) is 0 Å². The minimum atomic E-state index is -0.0608. The zero-order chi connectivity index (χ0) is 20.4. The van der Waals surface area contributed by atoms with Gasteiger partial charge in [-0.3, -0.25) is 9.78 Å². The Morgan fingerprint density at radius 1 is 1.21 bits per heavy atom. The number of pyridine rings is 1. The number of aromatic nitrogens is 3. The smallest absolute Gasteiger partial charge is 0.225 e. The maximum atomic E-state index is 11.1. The Kier molecular flexibility index (Phi) is 5.50. The number of hydrogen-bond acceptors (Lipinski definition) is 6. The van der Waals surface area contributed by atoms with Gasteiger partial charge in [0.15, 0.2) is 0 Å². The van der Waals surface area contributed by atoms with Gasteiger partial charge < -0.3 is 15.0 Å². The van der Waals surface area contributed by atoms with Crippen LogP contribution < -0.4 is 10.2 Å². The van der Waals surface area contributed by atoms with Crippen molar-refractivity contribution >= 4 is 11.9 Å². The maximum Gasteiger partial charge on any atom is 0.225 e. The zero-order valence-corrected chi connectivity index (χ0v) is 17.4. The lowest BCUT2D eigenvalue weighted by molar-refractivity contribution is -0.120. The molecule has 7 heteroatoms. The minimum Gasteiger partial charge on any atom is -0.370 e. The summed E-state index contributed by atoms with van der Waals surface area (Å²) in [4.78, 5) is 27.3. The number of ether oxygens (including phenoxy) is 1. The number of carbonyl (C=O) groups excluding carboxylic acids is 1. The maximum absolute atomic E-state index is 11.1. The lowest BCUT2D eigenvalue weighted by Gasteiger charge is -2.39. The highest BCUT2D eigenvalue weighted by molar-refractivity contribution is 5.72. The lowest BCUT2D eigenvalue weighted by atomic mass is 9.88. The molecule has 2 fully saturated rings. The molecule has 0 saturated carbocycles. The average Bonchev–Trinajstić information content (AvgIpc) is 3.10. The number of carbonyl (C=O) groups is 1. The Bertz CT molecular complexity index is 893. The van der Waals surface area contributed by atoms with Crippen molar-refractivity contribution < 1.29 is 9.53 Å². The third kappa shape index (κ3) is 4.40. The number of rotatable bonds is 4. The lowest BCUT2D eigenvalue weighted by Crippen LogP contribution is -2.45.